The average molecular weight is 442 g/mol. The highest BCUT2D eigenvalue weighted by Crippen LogP contribution is 2.26. The lowest BCUT2D eigenvalue weighted by molar-refractivity contribution is -0.118. The van der Waals surface area contributed by atoms with E-state index in [-0.39, 0.29) is 17.6 Å². The van der Waals surface area contributed by atoms with Crippen molar-refractivity contribution in [3.8, 4) is 11.5 Å². The summed E-state index contributed by atoms with van der Waals surface area (Å²) in [6.07, 6.45) is 1.58. The van der Waals surface area contributed by atoms with Crippen molar-refractivity contribution >= 4 is 29.8 Å². The number of carbonyl (C=O) groups is 1. The number of nitrogens with zero attached hydrogens (tertiary/aromatic N) is 4. The number of nitrogens with two attached hydrogens (primary N) is 1. The first kappa shape index (κ1) is 22.0. The van der Waals surface area contributed by atoms with Gasteiger partial charge in [0.05, 0.1) is 26.2 Å². The number of carbonyl (C=O) groups excluding carboxylic acids is 1. The first-order chi connectivity index (χ1) is 15.1. The molecule has 31 heavy (non-hydrogen) atoms. The zero-order chi connectivity index (χ0) is 22.1. The van der Waals surface area contributed by atoms with E-state index < -0.39 is 0 Å². The van der Waals surface area contributed by atoms with Gasteiger partial charge in [-0.1, -0.05) is 42.1 Å². The Balaban J connectivity index is 1.50. The van der Waals surface area contributed by atoms with E-state index in [9.17, 15) is 4.79 Å². The molecule has 0 fully saturated rings. The van der Waals surface area contributed by atoms with Gasteiger partial charge >= 0.3 is 0 Å². The van der Waals surface area contributed by atoms with E-state index >= 15 is 0 Å². The minimum absolute atomic E-state index is 0.127. The summed E-state index contributed by atoms with van der Waals surface area (Å²) in [5, 5.41) is 15.3. The summed E-state index contributed by atoms with van der Waals surface area (Å²) >= 11 is 1.18. The molecule has 1 amide bonds. The number of nitrogen functional groups attached to an aromatic ring is 1. The Labute approximate surface area is 183 Å². The molecule has 3 rings (SSSR count). The standard InChI is InChI=1S/C20H23N7O3S/c1-29-16-9-8-15(10-17(16)30-2)12-23-24-19-25-26-20(27(19)21)31-13-18(28)22-11-14-6-4-3-5-7-14/h3-10,12H,11,13,21H2,1-2H3,(H,22,28)(H,24,25)/b23-12+. The fourth-order valence-electron chi connectivity index (χ4n) is 2.53. The summed E-state index contributed by atoms with van der Waals surface area (Å²) in [6.45, 7) is 0.465. The van der Waals surface area contributed by atoms with Crippen molar-refractivity contribution in [2.24, 2.45) is 5.10 Å². The molecule has 0 atom stereocenters. The number of benzene rings is 2. The molecule has 10 nitrogen and oxygen atoms in total. The fourth-order valence-corrected chi connectivity index (χ4v) is 3.21. The smallest absolute Gasteiger partial charge is 0.264 e. The quantitative estimate of drug-likeness (QED) is 0.188. The van der Waals surface area contributed by atoms with Crippen LogP contribution in [0.15, 0.2) is 58.8 Å². The van der Waals surface area contributed by atoms with Crippen LogP contribution in [0.2, 0.25) is 0 Å². The van der Waals surface area contributed by atoms with Crippen LogP contribution in [-0.4, -0.2) is 47.0 Å². The van der Waals surface area contributed by atoms with Crippen molar-refractivity contribution in [1.29, 1.82) is 0 Å². The number of methoxy groups -OCH3 is 2. The normalized spacial score (nSPS) is 10.8. The van der Waals surface area contributed by atoms with E-state index in [2.05, 4.69) is 26.0 Å². The predicted octanol–water partition coefficient (Wildman–Crippen LogP) is 1.86. The van der Waals surface area contributed by atoms with Crippen molar-refractivity contribution in [2.45, 2.75) is 11.7 Å². The zero-order valence-electron chi connectivity index (χ0n) is 17.1. The molecule has 0 spiro atoms. The molecule has 2 aromatic carbocycles. The fraction of sp³-hybridized carbons (Fsp3) is 0.200. The van der Waals surface area contributed by atoms with Crippen LogP contribution in [0, 0.1) is 0 Å². The van der Waals surface area contributed by atoms with Gasteiger partial charge in [0.25, 0.3) is 5.95 Å². The molecule has 4 N–H and O–H groups in total. The van der Waals surface area contributed by atoms with Crippen LogP contribution in [0.3, 0.4) is 0 Å². The maximum absolute atomic E-state index is 12.0. The third-order valence-corrected chi connectivity index (χ3v) is 5.06. The van der Waals surface area contributed by atoms with Crippen molar-refractivity contribution < 1.29 is 14.3 Å². The van der Waals surface area contributed by atoms with Gasteiger partial charge < -0.3 is 20.6 Å². The summed E-state index contributed by atoms with van der Waals surface area (Å²) in [5.41, 5.74) is 4.55. The van der Waals surface area contributed by atoms with Gasteiger partial charge in [-0.3, -0.25) is 4.79 Å². The summed E-state index contributed by atoms with van der Waals surface area (Å²) in [4.78, 5) is 12.0. The monoisotopic (exact) mass is 441 g/mol. The van der Waals surface area contributed by atoms with Gasteiger partial charge in [0, 0.05) is 6.54 Å². The number of nitrogens with one attached hydrogen (secondary N) is 2. The van der Waals surface area contributed by atoms with Crippen molar-refractivity contribution in [2.75, 3.05) is 31.2 Å². The van der Waals surface area contributed by atoms with Crippen molar-refractivity contribution in [3.05, 3.63) is 59.7 Å². The van der Waals surface area contributed by atoms with Crippen molar-refractivity contribution in [3.63, 3.8) is 0 Å². The number of hydrazone groups is 1. The number of ether oxygens (including phenoxy) is 2. The summed E-state index contributed by atoms with van der Waals surface area (Å²) in [6, 6.07) is 15.1. The lowest BCUT2D eigenvalue weighted by atomic mass is 10.2. The molecular weight excluding hydrogens is 418 g/mol. The summed E-state index contributed by atoms with van der Waals surface area (Å²) in [5.74, 6) is 7.48. The highest BCUT2D eigenvalue weighted by molar-refractivity contribution is 7.99. The Morgan fingerprint density at radius 3 is 2.68 bits per heavy atom. The minimum atomic E-state index is -0.127. The van der Waals surface area contributed by atoms with Gasteiger partial charge in [-0.2, -0.15) is 5.10 Å². The molecule has 0 unspecified atom stereocenters. The second-order valence-electron chi connectivity index (χ2n) is 6.21. The lowest BCUT2D eigenvalue weighted by Crippen LogP contribution is -2.25. The van der Waals surface area contributed by atoms with Crippen molar-refractivity contribution in [1.82, 2.24) is 20.2 Å². The molecule has 0 aliphatic rings. The van der Waals surface area contributed by atoms with E-state index in [4.69, 9.17) is 15.3 Å². The van der Waals surface area contributed by atoms with E-state index in [1.54, 1.807) is 32.6 Å². The van der Waals surface area contributed by atoms with Gasteiger partial charge in [0.1, 0.15) is 0 Å². The Bertz CT molecular complexity index is 1040. The summed E-state index contributed by atoms with van der Waals surface area (Å²) < 4.78 is 11.7. The molecular formula is C20H23N7O3S. The van der Waals surface area contributed by atoms with Gasteiger partial charge in [-0.25, -0.2) is 10.1 Å². The molecule has 0 bridgehead atoms. The second kappa shape index (κ2) is 10.9. The number of amides is 1. The van der Waals surface area contributed by atoms with Crippen LogP contribution in [0.5, 0.6) is 11.5 Å². The Morgan fingerprint density at radius 1 is 1.16 bits per heavy atom. The topological polar surface area (TPSA) is 129 Å². The molecule has 162 valence electrons. The third kappa shape index (κ3) is 6.12. The molecule has 0 aliphatic heterocycles. The van der Waals surface area contributed by atoms with Gasteiger partial charge in [0.2, 0.25) is 11.1 Å². The van der Waals surface area contributed by atoms with E-state index in [1.165, 1.54) is 16.4 Å². The van der Waals surface area contributed by atoms with Gasteiger partial charge in [0.15, 0.2) is 11.5 Å². The number of rotatable bonds is 10. The number of hydrogen-bond acceptors (Lipinski definition) is 9. The van der Waals surface area contributed by atoms with Gasteiger partial charge in [-0.05, 0) is 29.3 Å². The molecule has 11 heteroatoms. The van der Waals surface area contributed by atoms with Crippen LogP contribution >= 0.6 is 11.8 Å². The SMILES string of the molecule is COc1ccc(/C=N/Nc2nnc(SCC(=O)NCc3ccccc3)n2N)cc1OC. The number of aromatic nitrogens is 3. The molecule has 1 heterocycles. The molecule has 1 aromatic heterocycles. The van der Waals surface area contributed by atoms with Crippen LogP contribution in [0.4, 0.5) is 5.95 Å². The van der Waals surface area contributed by atoms with Gasteiger partial charge in [-0.15, -0.1) is 10.2 Å². The van der Waals surface area contributed by atoms with Crippen LogP contribution in [0.1, 0.15) is 11.1 Å². The largest absolute Gasteiger partial charge is 0.493 e. The third-order valence-electron chi connectivity index (χ3n) is 4.12. The predicted molar refractivity (Wildman–Crippen MR) is 120 cm³/mol. The highest BCUT2D eigenvalue weighted by Gasteiger charge is 2.12. The first-order valence-corrected chi connectivity index (χ1v) is 10.2. The highest BCUT2D eigenvalue weighted by atomic mass is 32.2. The number of hydrogen-bond donors (Lipinski definition) is 3. The van der Waals surface area contributed by atoms with Crippen LogP contribution in [-0.2, 0) is 11.3 Å². The first-order valence-electron chi connectivity index (χ1n) is 9.25. The molecule has 0 saturated heterocycles. The maximum atomic E-state index is 12.0. The summed E-state index contributed by atoms with van der Waals surface area (Å²) in [7, 11) is 3.14. The van der Waals surface area contributed by atoms with E-state index in [1.807, 2.05) is 36.4 Å². The Kier molecular flexibility index (Phi) is 7.71. The number of thioether (sulfide) groups is 1. The number of anilines is 1. The maximum Gasteiger partial charge on any atom is 0.264 e. The molecule has 0 aliphatic carbocycles. The molecule has 0 radical (unpaired) electrons. The van der Waals surface area contributed by atoms with Crippen LogP contribution < -0.4 is 26.1 Å². The Hall–Kier alpha value is -3.73. The Morgan fingerprint density at radius 2 is 1.94 bits per heavy atom. The molecule has 3 aromatic rings. The van der Waals surface area contributed by atoms with Crippen LogP contribution in [0.25, 0.3) is 0 Å². The minimum Gasteiger partial charge on any atom is -0.493 e. The second-order valence-corrected chi connectivity index (χ2v) is 7.15. The lowest BCUT2D eigenvalue weighted by Gasteiger charge is -2.07. The van der Waals surface area contributed by atoms with E-state index in [0.717, 1.165) is 11.1 Å². The zero-order valence-corrected chi connectivity index (χ0v) is 17.9. The van der Waals surface area contributed by atoms with E-state index in [0.29, 0.717) is 23.2 Å². The average Bonchev–Trinajstić information content (AvgIpc) is 3.16. The molecule has 0 saturated carbocycles.